The monoisotopic (exact) mass is 261 g/mol. The van der Waals surface area contributed by atoms with E-state index < -0.39 is 0 Å². The van der Waals surface area contributed by atoms with E-state index >= 15 is 0 Å². The standard InChI is InChI=1S/C17H27NO/c1-18-17(10-13-8-9-19-12-13)16-7-6-14-4-2-3-5-15(14)11-16/h8-9,12,14-18H,2-7,10-11H2,1H3. The number of hydrogen-bond acceptors (Lipinski definition) is 2. The van der Waals surface area contributed by atoms with Gasteiger partial charge in [0.1, 0.15) is 0 Å². The molecule has 0 spiro atoms. The number of fused-ring (bicyclic) bond motifs is 1. The van der Waals surface area contributed by atoms with E-state index in [-0.39, 0.29) is 0 Å². The van der Waals surface area contributed by atoms with Gasteiger partial charge in [-0.1, -0.05) is 25.7 Å². The lowest BCUT2D eigenvalue weighted by Crippen LogP contribution is -2.40. The zero-order valence-corrected chi connectivity index (χ0v) is 12.1. The molecular weight excluding hydrogens is 234 g/mol. The molecule has 1 aromatic rings. The van der Waals surface area contributed by atoms with Crippen molar-refractivity contribution in [3.63, 3.8) is 0 Å². The molecule has 0 radical (unpaired) electrons. The van der Waals surface area contributed by atoms with Gasteiger partial charge >= 0.3 is 0 Å². The number of hydrogen-bond donors (Lipinski definition) is 1. The molecule has 4 atom stereocenters. The Kier molecular flexibility index (Phi) is 4.27. The molecular formula is C17H27NO. The summed E-state index contributed by atoms with van der Waals surface area (Å²) in [6.45, 7) is 0. The molecule has 1 N–H and O–H groups in total. The topological polar surface area (TPSA) is 25.2 Å². The zero-order chi connectivity index (χ0) is 13.1. The van der Waals surface area contributed by atoms with Gasteiger partial charge in [-0.3, -0.25) is 0 Å². The van der Waals surface area contributed by atoms with Crippen molar-refractivity contribution in [1.82, 2.24) is 5.32 Å². The Morgan fingerprint density at radius 3 is 2.79 bits per heavy atom. The Morgan fingerprint density at radius 2 is 2.05 bits per heavy atom. The molecule has 106 valence electrons. The van der Waals surface area contributed by atoms with Crippen LogP contribution in [0.15, 0.2) is 23.0 Å². The third-order valence-electron chi connectivity index (χ3n) is 5.56. The van der Waals surface area contributed by atoms with Crippen molar-refractivity contribution in [1.29, 1.82) is 0 Å². The highest BCUT2D eigenvalue weighted by Crippen LogP contribution is 2.43. The van der Waals surface area contributed by atoms with Gasteiger partial charge in [-0.05, 0) is 62.1 Å². The summed E-state index contributed by atoms with van der Waals surface area (Å²) in [4.78, 5) is 0. The fraction of sp³-hybridized carbons (Fsp3) is 0.765. The van der Waals surface area contributed by atoms with Crippen LogP contribution in [0.1, 0.15) is 50.5 Å². The maximum Gasteiger partial charge on any atom is 0.0935 e. The molecule has 0 aliphatic heterocycles. The second-order valence-electron chi connectivity index (χ2n) is 6.61. The van der Waals surface area contributed by atoms with E-state index in [1.807, 2.05) is 6.26 Å². The normalized spacial score (nSPS) is 32.8. The van der Waals surface area contributed by atoms with E-state index in [4.69, 9.17) is 4.42 Å². The summed E-state index contributed by atoms with van der Waals surface area (Å²) in [5, 5.41) is 3.56. The third-order valence-corrected chi connectivity index (χ3v) is 5.56. The Balaban J connectivity index is 1.60. The van der Waals surface area contributed by atoms with Gasteiger partial charge in [-0.25, -0.2) is 0 Å². The van der Waals surface area contributed by atoms with Crippen LogP contribution in [0.5, 0.6) is 0 Å². The number of rotatable bonds is 4. The molecule has 1 heterocycles. The predicted octanol–water partition coefficient (Wildman–Crippen LogP) is 4.02. The van der Waals surface area contributed by atoms with E-state index in [1.54, 1.807) is 6.26 Å². The molecule has 0 amide bonds. The minimum atomic E-state index is 0.625. The summed E-state index contributed by atoms with van der Waals surface area (Å²) in [6.07, 6.45) is 15.1. The highest BCUT2D eigenvalue weighted by atomic mass is 16.3. The summed E-state index contributed by atoms with van der Waals surface area (Å²) >= 11 is 0. The minimum absolute atomic E-state index is 0.625. The Morgan fingerprint density at radius 1 is 1.21 bits per heavy atom. The summed E-state index contributed by atoms with van der Waals surface area (Å²) in [7, 11) is 2.12. The fourth-order valence-corrected chi connectivity index (χ4v) is 4.44. The first-order valence-electron chi connectivity index (χ1n) is 8.05. The molecule has 2 saturated carbocycles. The van der Waals surface area contributed by atoms with E-state index in [0.29, 0.717) is 6.04 Å². The molecule has 2 fully saturated rings. The first kappa shape index (κ1) is 13.2. The summed E-state index contributed by atoms with van der Waals surface area (Å²) in [5.74, 6) is 2.93. The number of likely N-dealkylation sites (N-methyl/N-ethyl adjacent to an activating group) is 1. The van der Waals surface area contributed by atoms with Crippen LogP contribution in [-0.4, -0.2) is 13.1 Å². The Hall–Kier alpha value is -0.760. The van der Waals surface area contributed by atoms with Crippen LogP contribution in [-0.2, 0) is 6.42 Å². The van der Waals surface area contributed by atoms with Crippen LogP contribution in [0, 0.1) is 17.8 Å². The first-order chi connectivity index (χ1) is 9.36. The predicted molar refractivity (Wildman–Crippen MR) is 78.0 cm³/mol. The van der Waals surface area contributed by atoms with Crippen LogP contribution in [0.4, 0.5) is 0 Å². The highest BCUT2D eigenvalue weighted by Gasteiger charge is 2.34. The molecule has 0 saturated heterocycles. The van der Waals surface area contributed by atoms with Gasteiger partial charge in [0.05, 0.1) is 12.5 Å². The van der Waals surface area contributed by atoms with Gasteiger partial charge in [-0.2, -0.15) is 0 Å². The Labute approximate surface area is 117 Å². The van der Waals surface area contributed by atoms with Crippen molar-refractivity contribution in [2.24, 2.45) is 17.8 Å². The lowest BCUT2D eigenvalue weighted by molar-refractivity contribution is 0.111. The summed E-state index contributed by atoms with van der Waals surface area (Å²) in [6, 6.07) is 2.73. The van der Waals surface area contributed by atoms with Crippen molar-refractivity contribution < 1.29 is 4.42 Å². The van der Waals surface area contributed by atoms with E-state index in [9.17, 15) is 0 Å². The second kappa shape index (κ2) is 6.13. The maximum absolute atomic E-state index is 5.21. The van der Waals surface area contributed by atoms with Crippen LogP contribution >= 0.6 is 0 Å². The molecule has 3 rings (SSSR count). The van der Waals surface area contributed by atoms with Crippen LogP contribution in [0.3, 0.4) is 0 Å². The maximum atomic E-state index is 5.21. The summed E-state index contributed by atoms with van der Waals surface area (Å²) in [5.41, 5.74) is 1.34. The zero-order valence-electron chi connectivity index (χ0n) is 12.1. The lowest BCUT2D eigenvalue weighted by Gasteiger charge is -2.42. The van der Waals surface area contributed by atoms with E-state index in [2.05, 4.69) is 18.4 Å². The highest BCUT2D eigenvalue weighted by molar-refractivity contribution is 5.08. The van der Waals surface area contributed by atoms with Gasteiger partial charge in [0.25, 0.3) is 0 Å². The lowest BCUT2D eigenvalue weighted by atomic mass is 9.65. The van der Waals surface area contributed by atoms with Gasteiger partial charge in [0, 0.05) is 6.04 Å². The third kappa shape index (κ3) is 3.05. The van der Waals surface area contributed by atoms with Crippen molar-refractivity contribution in [2.75, 3.05) is 7.05 Å². The van der Waals surface area contributed by atoms with Crippen LogP contribution in [0.25, 0.3) is 0 Å². The van der Waals surface area contributed by atoms with Gasteiger partial charge in [0.2, 0.25) is 0 Å². The molecule has 4 unspecified atom stereocenters. The van der Waals surface area contributed by atoms with Crippen LogP contribution < -0.4 is 5.32 Å². The molecule has 2 aliphatic rings. The molecule has 2 nitrogen and oxygen atoms in total. The summed E-state index contributed by atoms with van der Waals surface area (Å²) < 4.78 is 5.21. The molecule has 19 heavy (non-hydrogen) atoms. The van der Waals surface area contributed by atoms with E-state index in [1.165, 1.54) is 50.5 Å². The smallest absolute Gasteiger partial charge is 0.0935 e. The number of nitrogens with one attached hydrogen (secondary N) is 1. The second-order valence-corrected chi connectivity index (χ2v) is 6.61. The Bertz CT molecular complexity index is 373. The van der Waals surface area contributed by atoms with Gasteiger partial charge in [0.15, 0.2) is 0 Å². The SMILES string of the molecule is CNC(Cc1ccoc1)C1CCC2CCCCC2C1. The van der Waals surface area contributed by atoms with Crippen LogP contribution in [0.2, 0.25) is 0 Å². The van der Waals surface area contributed by atoms with Crippen molar-refractivity contribution >= 4 is 0 Å². The quantitative estimate of drug-likeness (QED) is 0.885. The van der Waals surface area contributed by atoms with E-state index in [0.717, 1.165) is 24.2 Å². The largest absolute Gasteiger partial charge is 0.472 e. The first-order valence-corrected chi connectivity index (χ1v) is 8.05. The molecule has 0 aromatic carbocycles. The van der Waals surface area contributed by atoms with Gasteiger partial charge < -0.3 is 9.73 Å². The average Bonchev–Trinajstić information content (AvgIpc) is 2.97. The minimum Gasteiger partial charge on any atom is -0.472 e. The molecule has 2 heteroatoms. The molecule has 2 aliphatic carbocycles. The number of furan rings is 1. The average molecular weight is 261 g/mol. The van der Waals surface area contributed by atoms with Crippen molar-refractivity contribution in [2.45, 2.75) is 57.4 Å². The molecule has 1 aromatic heterocycles. The van der Waals surface area contributed by atoms with Crippen molar-refractivity contribution in [3.8, 4) is 0 Å². The van der Waals surface area contributed by atoms with Gasteiger partial charge in [-0.15, -0.1) is 0 Å². The fourth-order valence-electron chi connectivity index (χ4n) is 4.44. The van der Waals surface area contributed by atoms with Crippen molar-refractivity contribution in [3.05, 3.63) is 24.2 Å². The molecule has 0 bridgehead atoms.